The molecule has 0 unspecified atom stereocenters. The maximum absolute atomic E-state index is 11.8. The van der Waals surface area contributed by atoms with E-state index in [1.165, 1.54) is 0 Å². The van der Waals surface area contributed by atoms with Crippen LogP contribution in [0.1, 0.15) is 27.2 Å². The third kappa shape index (κ3) is 2.38. The first kappa shape index (κ1) is 12.6. The Morgan fingerprint density at radius 1 is 1.44 bits per heavy atom. The molecule has 90 valence electrons. The number of carbonyl (C=O) groups is 3. The molecule has 1 heterocycles. The van der Waals surface area contributed by atoms with Crippen molar-refractivity contribution in [1.82, 2.24) is 5.32 Å². The van der Waals surface area contributed by atoms with Gasteiger partial charge in [-0.25, -0.2) is 9.59 Å². The van der Waals surface area contributed by atoms with Gasteiger partial charge in [-0.1, -0.05) is 0 Å². The number of nitrogens with one attached hydrogen (secondary N) is 1. The fourth-order valence-electron chi connectivity index (χ4n) is 1.42. The van der Waals surface area contributed by atoms with Crippen LogP contribution in [0.5, 0.6) is 0 Å². The van der Waals surface area contributed by atoms with E-state index >= 15 is 0 Å². The van der Waals surface area contributed by atoms with Gasteiger partial charge in [-0.05, 0) is 20.8 Å². The summed E-state index contributed by atoms with van der Waals surface area (Å²) in [6, 6.07) is 0. The van der Waals surface area contributed by atoms with Gasteiger partial charge in [0, 0.05) is 6.42 Å². The molecule has 0 saturated carbocycles. The molecule has 6 nitrogen and oxygen atoms in total. The van der Waals surface area contributed by atoms with Gasteiger partial charge in [0.2, 0.25) is 5.54 Å². The highest BCUT2D eigenvalue weighted by Gasteiger charge is 2.53. The fraction of sp³-hybridized carbons (Fsp3) is 0.700. The number of hydrogen-bond acceptors (Lipinski definition) is 5. The van der Waals surface area contributed by atoms with Gasteiger partial charge in [-0.3, -0.25) is 10.1 Å². The summed E-state index contributed by atoms with van der Waals surface area (Å²) in [4.78, 5) is 33.9. The van der Waals surface area contributed by atoms with Crippen LogP contribution in [0.4, 0.5) is 0 Å². The highest BCUT2D eigenvalue weighted by Crippen LogP contribution is 2.22. The van der Waals surface area contributed by atoms with Crippen LogP contribution in [-0.2, 0) is 19.1 Å². The number of carboxylic acids is 1. The van der Waals surface area contributed by atoms with Crippen LogP contribution >= 0.6 is 0 Å². The Bertz CT molecular complexity index is 344. The number of ether oxygens (including phenoxy) is 1. The quantitative estimate of drug-likeness (QED) is 0.499. The van der Waals surface area contributed by atoms with Gasteiger partial charge in [-0.15, -0.1) is 0 Å². The van der Waals surface area contributed by atoms with Crippen LogP contribution in [0.3, 0.4) is 0 Å². The van der Waals surface area contributed by atoms with E-state index in [0.717, 1.165) is 0 Å². The Morgan fingerprint density at radius 3 is 2.31 bits per heavy atom. The zero-order chi connectivity index (χ0) is 12.6. The minimum Gasteiger partial charge on any atom is -0.479 e. The second-order valence-corrected chi connectivity index (χ2v) is 4.78. The summed E-state index contributed by atoms with van der Waals surface area (Å²) in [7, 11) is 0. The third-order valence-corrected chi connectivity index (χ3v) is 2.16. The van der Waals surface area contributed by atoms with Gasteiger partial charge < -0.3 is 9.84 Å². The van der Waals surface area contributed by atoms with Gasteiger partial charge >= 0.3 is 11.9 Å². The molecule has 1 rings (SSSR count). The van der Waals surface area contributed by atoms with Crippen molar-refractivity contribution < 1.29 is 24.2 Å². The number of rotatable bonds is 2. The van der Waals surface area contributed by atoms with Crippen LogP contribution in [0.15, 0.2) is 0 Å². The van der Waals surface area contributed by atoms with Gasteiger partial charge in [-0.2, -0.15) is 0 Å². The normalized spacial score (nSPS) is 25.6. The predicted molar refractivity (Wildman–Crippen MR) is 53.8 cm³/mol. The number of ketones is 1. The molecule has 6 heteroatoms. The summed E-state index contributed by atoms with van der Waals surface area (Å²) >= 11 is 0. The number of aliphatic carboxylic acids is 1. The summed E-state index contributed by atoms with van der Waals surface area (Å²) in [5, 5.41) is 11.5. The van der Waals surface area contributed by atoms with Crippen LogP contribution in [0.25, 0.3) is 0 Å². The number of Topliss-reactive ketones (excluding diaryl/α,β-unsaturated/α-hetero) is 1. The van der Waals surface area contributed by atoms with E-state index in [4.69, 9.17) is 9.84 Å². The van der Waals surface area contributed by atoms with E-state index in [0.29, 0.717) is 0 Å². The lowest BCUT2D eigenvalue weighted by molar-refractivity contribution is -0.170. The fourth-order valence-corrected chi connectivity index (χ4v) is 1.42. The molecular formula is C10H15NO5. The van der Waals surface area contributed by atoms with E-state index in [2.05, 4.69) is 5.32 Å². The molecule has 0 aliphatic carbocycles. The molecule has 0 aromatic carbocycles. The SMILES string of the molecule is CC(C)(C)OC(=O)[C@@]1(C(=O)O)CC(=O)CN1. The third-order valence-electron chi connectivity index (χ3n) is 2.16. The van der Waals surface area contributed by atoms with Crippen molar-refractivity contribution in [3.8, 4) is 0 Å². The van der Waals surface area contributed by atoms with Crippen molar-refractivity contribution in [2.24, 2.45) is 0 Å². The minimum absolute atomic E-state index is 0.120. The molecule has 1 fully saturated rings. The summed E-state index contributed by atoms with van der Waals surface area (Å²) in [6.07, 6.45) is -0.364. The van der Waals surface area contributed by atoms with Crippen LogP contribution in [-0.4, -0.2) is 40.5 Å². The molecule has 0 radical (unpaired) electrons. The zero-order valence-corrected chi connectivity index (χ0v) is 9.49. The van der Waals surface area contributed by atoms with Crippen molar-refractivity contribution in [2.45, 2.75) is 38.3 Å². The average molecular weight is 229 g/mol. The Labute approximate surface area is 93.0 Å². The lowest BCUT2D eigenvalue weighted by atomic mass is 9.97. The molecule has 0 amide bonds. The Kier molecular flexibility index (Phi) is 3.05. The largest absolute Gasteiger partial charge is 0.479 e. The molecule has 16 heavy (non-hydrogen) atoms. The summed E-state index contributed by atoms with van der Waals surface area (Å²) in [6.45, 7) is 4.79. The van der Waals surface area contributed by atoms with Crippen LogP contribution in [0, 0.1) is 0 Å². The molecular weight excluding hydrogens is 214 g/mol. The van der Waals surface area contributed by atoms with Gasteiger partial charge in [0.05, 0.1) is 6.54 Å². The van der Waals surface area contributed by atoms with Crippen molar-refractivity contribution in [1.29, 1.82) is 0 Å². The summed E-state index contributed by atoms with van der Waals surface area (Å²) in [5.41, 5.74) is -2.70. The van der Waals surface area contributed by atoms with E-state index in [9.17, 15) is 14.4 Å². The first-order valence-corrected chi connectivity index (χ1v) is 4.91. The van der Waals surface area contributed by atoms with E-state index in [1.807, 2.05) is 0 Å². The highest BCUT2D eigenvalue weighted by molar-refractivity contribution is 6.10. The first-order chi connectivity index (χ1) is 7.17. The van der Waals surface area contributed by atoms with Crippen molar-refractivity contribution >= 4 is 17.7 Å². The number of esters is 1. The smallest absolute Gasteiger partial charge is 0.339 e. The highest BCUT2D eigenvalue weighted by atomic mass is 16.6. The standard InChI is InChI=1S/C10H15NO5/c1-9(2,3)16-8(15)10(7(13)14)4-6(12)5-11-10/h11H,4-5H2,1-3H3,(H,13,14)/t10-/m0/s1. The average Bonchev–Trinajstić information content (AvgIpc) is 2.45. The lowest BCUT2D eigenvalue weighted by Gasteiger charge is -2.27. The first-order valence-electron chi connectivity index (χ1n) is 4.91. The number of carbonyl (C=O) groups excluding carboxylic acids is 2. The molecule has 1 aliphatic heterocycles. The van der Waals surface area contributed by atoms with Crippen molar-refractivity contribution in [2.75, 3.05) is 6.54 Å². The van der Waals surface area contributed by atoms with Gasteiger partial charge in [0.25, 0.3) is 0 Å². The molecule has 0 aromatic rings. The van der Waals surface area contributed by atoms with E-state index in [1.54, 1.807) is 20.8 Å². The maximum atomic E-state index is 11.8. The predicted octanol–water partition coefficient (Wildman–Crippen LogP) is -0.286. The molecule has 0 bridgehead atoms. The zero-order valence-electron chi connectivity index (χ0n) is 9.49. The van der Waals surface area contributed by atoms with Crippen molar-refractivity contribution in [3.63, 3.8) is 0 Å². The van der Waals surface area contributed by atoms with Crippen LogP contribution < -0.4 is 5.32 Å². The number of hydrogen-bond donors (Lipinski definition) is 2. The van der Waals surface area contributed by atoms with Gasteiger partial charge in [0.1, 0.15) is 11.4 Å². The maximum Gasteiger partial charge on any atom is 0.339 e. The molecule has 1 atom stereocenters. The molecule has 1 aliphatic rings. The molecule has 0 spiro atoms. The molecule has 2 N–H and O–H groups in total. The van der Waals surface area contributed by atoms with Gasteiger partial charge in [0.15, 0.2) is 0 Å². The Morgan fingerprint density at radius 2 is 2.00 bits per heavy atom. The lowest BCUT2D eigenvalue weighted by Crippen LogP contribution is -2.56. The van der Waals surface area contributed by atoms with Crippen LogP contribution in [0.2, 0.25) is 0 Å². The molecule has 1 saturated heterocycles. The second-order valence-electron chi connectivity index (χ2n) is 4.78. The molecule has 0 aromatic heterocycles. The summed E-state index contributed by atoms with van der Waals surface area (Å²) < 4.78 is 5.00. The van der Waals surface area contributed by atoms with E-state index < -0.39 is 23.1 Å². The Balaban J connectivity index is 2.92. The second kappa shape index (κ2) is 3.86. The number of carboxylic acid groups (broad SMARTS) is 1. The Hall–Kier alpha value is -1.43. The monoisotopic (exact) mass is 229 g/mol. The van der Waals surface area contributed by atoms with Crippen molar-refractivity contribution in [3.05, 3.63) is 0 Å². The topological polar surface area (TPSA) is 92.7 Å². The minimum atomic E-state index is -1.91. The summed E-state index contributed by atoms with van der Waals surface area (Å²) in [5.74, 6) is -2.61. The van der Waals surface area contributed by atoms with E-state index in [-0.39, 0.29) is 18.7 Å².